The molecule has 4 unspecified atom stereocenters. The first-order chi connectivity index (χ1) is 15.9. The van der Waals surface area contributed by atoms with Crippen molar-refractivity contribution in [2.75, 3.05) is 5.32 Å². The summed E-state index contributed by atoms with van der Waals surface area (Å²) < 4.78 is 41.8. The van der Waals surface area contributed by atoms with Gasteiger partial charge in [-0.3, -0.25) is 10.1 Å². The van der Waals surface area contributed by atoms with Crippen LogP contribution in [0.1, 0.15) is 30.0 Å². The Labute approximate surface area is 193 Å². The fourth-order valence-corrected chi connectivity index (χ4v) is 6.88. The summed E-state index contributed by atoms with van der Waals surface area (Å²) in [5.74, 6) is -0.572. The van der Waals surface area contributed by atoms with Crippen molar-refractivity contribution in [2.24, 2.45) is 0 Å². The van der Waals surface area contributed by atoms with Crippen LogP contribution < -0.4 is 10.6 Å². The second-order valence-electron chi connectivity index (χ2n) is 8.65. The lowest BCUT2D eigenvalue weighted by molar-refractivity contribution is -0.121. The van der Waals surface area contributed by atoms with Crippen molar-refractivity contribution in [2.45, 2.75) is 47.5 Å². The fraction of sp³-hybridized carbons (Fsp3) is 0.269. The third-order valence-electron chi connectivity index (χ3n) is 6.67. The van der Waals surface area contributed by atoms with Crippen LogP contribution in [-0.2, 0) is 21.1 Å². The number of rotatable bonds is 5. The second-order valence-corrected chi connectivity index (χ2v) is 10.8. The van der Waals surface area contributed by atoms with Crippen LogP contribution >= 0.6 is 0 Å². The minimum Gasteiger partial charge on any atom is -0.375 e. The van der Waals surface area contributed by atoms with Gasteiger partial charge in [-0.1, -0.05) is 54.6 Å². The Hall–Kier alpha value is -3.03. The van der Waals surface area contributed by atoms with E-state index in [-0.39, 0.29) is 22.7 Å². The first-order valence-electron chi connectivity index (χ1n) is 11.1. The number of nitrogens with one attached hydrogen (secondary N) is 2. The number of hydrogen-bond acceptors (Lipinski definition) is 5. The predicted octanol–water partition coefficient (Wildman–Crippen LogP) is 4.07. The number of aryl methyl sites for hydroxylation is 1. The molecule has 170 valence electrons. The number of fused-ring (bicyclic) bond motifs is 1. The summed E-state index contributed by atoms with van der Waals surface area (Å²) in [7, 11) is -3.80. The smallest absolute Gasteiger partial charge is 0.183 e. The van der Waals surface area contributed by atoms with Crippen molar-refractivity contribution in [1.82, 2.24) is 5.32 Å². The number of halogens is 1. The van der Waals surface area contributed by atoms with Crippen molar-refractivity contribution < 1.29 is 17.6 Å². The largest absolute Gasteiger partial charge is 0.375 e. The highest BCUT2D eigenvalue weighted by atomic mass is 32.2. The van der Waals surface area contributed by atoms with E-state index in [0.29, 0.717) is 6.42 Å². The molecule has 4 atom stereocenters. The maximum Gasteiger partial charge on any atom is 0.183 e. The highest BCUT2D eigenvalue weighted by Crippen LogP contribution is 2.37. The Morgan fingerprint density at radius 1 is 0.879 bits per heavy atom. The Balaban J connectivity index is 1.46. The van der Waals surface area contributed by atoms with Gasteiger partial charge in [-0.25, -0.2) is 12.8 Å². The predicted molar refractivity (Wildman–Crippen MR) is 125 cm³/mol. The van der Waals surface area contributed by atoms with Gasteiger partial charge in [0.1, 0.15) is 5.82 Å². The van der Waals surface area contributed by atoms with Gasteiger partial charge in [-0.05, 0) is 49.1 Å². The number of anilines is 1. The van der Waals surface area contributed by atoms with Crippen LogP contribution in [-0.4, -0.2) is 31.5 Å². The molecule has 0 spiro atoms. The van der Waals surface area contributed by atoms with Gasteiger partial charge in [-0.15, -0.1) is 0 Å². The van der Waals surface area contributed by atoms with Gasteiger partial charge in [0.25, 0.3) is 0 Å². The van der Waals surface area contributed by atoms with Crippen molar-refractivity contribution in [3.63, 3.8) is 0 Å². The summed E-state index contributed by atoms with van der Waals surface area (Å²) in [6, 6.07) is 20.3. The highest BCUT2D eigenvalue weighted by molar-refractivity contribution is 7.92. The number of carbonyl (C=O) groups excluding carboxylic acids is 1. The molecule has 5 rings (SSSR count). The second kappa shape index (κ2) is 8.72. The van der Waals surface area contributed by atoms with E-state index in [1.165, 1.54) is 6.07 Å². The van der Waals surface area contributed by atoms with Gasteiger partial charge in [-0.2, -0.15) is 0 Å². The zero-order valence-electron chi connectivity index (χ0n) is 17.9. The number of para-hydroxylation sites is 1. The van der Waals surface area contributed by atoms with Gasteiger partial charge in [0.2, 0.25) is 0 Å². The van der Waals surface area contributed by atoms with Crippen LogP contribution in [0.2, 0.25) is 0 Å². The molecule has 0 aromatic heterocycles. The first kappa shape index (κ1) is 21.8. The third kappa shape index (κ3) is 4.07. The van der Waals surface area contributed by atoms with Crippen LogP contribution in [0.25, 0.3) is 0 Å². The van der Waals surface area contributed by atoms with Crippen molar-refractivity contribution in [3.8, 4) is 0 Å². The number of Topliss-reactive ketones (excluding diaryl/α,β-unsaturated/α-hetero) is 1. The van der Waals surface area contributed by atoms with E-state index >= 15 is 0 Å². The Kier molecular flexibility index (Phi) is 5.76. The highest BCUT2D eigenvalue weighted by Gasteiger charge is 2.47. The quantitative estimate of drug-likeness (QED) is 0.596. The first-order valence-corrected chi connectivity index (χ1v) is 12.7. The Morgan fingerprint density at radius 2 is 1.58 bits per heavy atom. The summed E-state index contributed by atoms with van der Waals surface area (Å²) in [5.41, 5.74) is 2.35. The molecule has 2 N–H and O–H groups in total. The molecule has 3 aromatic carbocycles. The molecule has 5 nitrogen and oxygen atoms in total. The molecule has 3 aromatic rings. The van der Waals surface area contributed by atoms with Gasteiger partial charge < -0.3 is 5.32 Å². The molecule has 1 fully saturated rings. The topological polar surface area (TPSA) is 75.3 Å². The van der Waals surface area contributed by atoms with Gasteiger partial charge in [0, 0.05) is 11.3 Å². The molecule has 7 heteroatoms. The summed E-state index contributed by atoms with van der Waals surface area (Å²) in [6.45, 7) is 0. The minimum absolute atomic E-state index is 0.0865. The number of sulfone groups is 1. The lowest BCUT2D eigenvalue weighted by Crippen LogP contribution is -2.44. The van der Waals surface area contributed by atoms with Crippen LogP contribution in [0.5, 0.6) is 0 Å². The van der Waals surface area contributed by atoms with E-state index in [4.69, 9.17) is 0 Å². The number of carbonyl (C=O) groups is 1. The average molecular weight is 465 g/mol. The Morgan fingerprint density at radius 3 is 2.36 bits per heavy atom. The number of benzene rings is 3. The van der Waals surface area contributed by atoms with Crippen LogP contribution in [0, 0.1) is 5.82 Å². The van der Waals surface area contributed by atoms with E-state index in [0.717, 1.165) is 17.7 Å². The summed E-state index contributed by atoms with van der Waals surface area (Å²) in [6.07, 6.45) is 1.50. The minimum atomic E-state index is -3.80. The standard InChI is InChI=1S/C26H25FN2O3S/c27-20-12-6-5-11-19(20)25-24(33(31,32)18-9-2-1-3-10-18)16-23(29-25)26(30)22-15-14-17-8-4-7-13-21(17)28-22/h1-13,22-25,28-29H,14-16H2. The average Bonchev–Trinajstić information content (AvgIpc) is 3.30. The Bertz CT molecular complexity index is 1280. The molecule has 1 saturated heterocycles. The zero-order chi connectivity index (χ0) is 23.0. The lowest BCUT2D eigenvalue weighted by Gasteiger charge is -2.28. The maximum absolute atomic E-state index is 14.7. The lowest BCUT2D eigenvalue weighted by atomic mass is 9.92. The summed E-state index contributed by atoms with van der Waals surface area (Å²) in [4.78, 5) is 13.6. The molecular weight excluding hydrogens is 439 g/mol. The van der Waals surface area contributed by atoms with Gasteiger partial charge in [0.05, 0.1) is 28.3 Å². The molecule has 0 amide bonds. The monoisotopic (exact) mass is 464 g/mol. The molecule has 33 heavy (non-hydrogen) atoms. The van der Waals surface area contributed by atoms with Crippen LogP contribution in [0.15, 0.2) is 83.8 Å². The van der Waals surface area contributed by atoms with E-state index in [1.807, 2.05) is 24.3 Å². The van der Waals surface area contributed by atoms with E-state index in [9.17, 15) is 17.6 Å². The SMILES string of the molecule is O=C(C1CCc2ccccc2N1)C1CC(S(=O)(=O)c2ccccc2)C(c2ccccc2F)N1. The zero-order valence-corrected chi connectivity index (χ0v) is 18.8. The van der Waals surface area contributed by atoms with E-state index in [2.05, 4.69) is 10.6 Å². The molecule has 0 radical (unpaired) electrons. The van der Waals surface area contributed by atoms with E-state index < -0.39 is 39.0 Å². The molecule has 2 aliphatic rings. The maximum atomic E-state index is 14.7. The van der Waals surface area contributed by atoms with Crippen molar-refractivity contribution in [3.05, 3.63) is 95.8 Å². The molecule has 0 aliphatic carbocycles. The molecular formula is C26H25FN2O3S. The van der Waals surface area contributed by atoms with Gasteiger partial charge >= 0.3 is 0 Å². The number of hydrogen-bond donors (Lipinski definition) is 2. The summed E-state index contributed by atoms with van der Waals surface area (Å²) >= 11 is 0. The molecule has 2 aliphatic heterocycles. The van der Waals surface area contributed by atoms with Crippen molar-refractivity contribution in [1.29, 1.82) is 0 Å². The molecule has 0 bridgehead atoms. The summed E-state index contributed by atoms with van der Waals surface area (Å²) in [5, 5.41) is 5.54. The molecule has 0 saturated carbocycles. The van der Waals surface area contributed by atoms with Crippen molar-refractivity contribution >= 4 is 21.3 Å². The van der Waals surface area contributed by atoms with E-state index in [1.54, 1.807) is 48.5 Å². The molecule has 2 heterocycles. The van der Waals surface area contributed by atoms with Gasteiger partial charge in [0.15, 0.2) is 15.6 Å². The number of ketones is 1. The normalized spacial score (nSPS) is 24.6. The third-order valence-corrected chi connectivity index (χ3v) is 8.86. The van der Waals surface area contributed by atoms with Crippen LogP contribution in [0.4, 0.5) is 10.1 Å². The van der Waals surface area contributed by atoms with Crippen LogP contribution in [0.3, 0.4) is 0 Å². The fourth-order valence-electron chi connectivity index (χ4n) is 4.96.